The summed E-state index contributed by atoms with van der Waals surface area (Å²) in [5, 5.41) is 8.59. The van der Waals surface area contributed by atoms with Crippen molar-refractivity contribution in [3.8, 4) is 0 Å². The minimum Gasteiger partial charge on any atom is -0.480 e. The monoisotopic (exact) mass is 188 g/mol. The Labute approximate surface area is 72.9 Å². The van der Waals surface area contributed by atoms with Gasteiger partial charge in [0.2, 0.25) is 5.91 Å². The van der Waals surface area contributed by atoms with Gasteiger partial charge < -0.3 is 15.7 Å². The Morgan fingerprint density at radius 2 is 2.42 bits per heavy atom. The van der Waals surface area contributed by atoms with Crippen LogP contribution in [0.15, 0.2) is 0 Å². The lowest BCUT2D eigenvalue weighted by atomic mass is 10.1. The highest BCUT2D eigenvalue weighted by Gasteiger charge is 2.55. The van der Waals surface area contributed by atoms with Crippen molar-refractivity contribution in [3.05, 3.63) is 0 Å². The average molecular weight is 188 g/mol. The van der Waals surface area contributed by atoms with Crippen LogP contribution in [-0.4, -0.2) is 45.1 Å². The SMILES string of the molecule is N[C@@H]1C(=O)N2[C@@H](C(=O)O)CS[C@H]12. The molecule has 12 heavy (non-hydrogen) atoms. The van der Waals surface area contributed by atoms with Gasteiger partial charge in [-0.3, -0.25) is 4.79 Å². The van der Waals surface area contributed by atoms with Crippen LogP contribution in [0.25, 0.3) is 0 Å². The molecule has 0 aromatic rings. The molecule has 0 aliphatic carbocycles. The molecule has 2 saturated heterocycles. The predicted octanol–water partition coefficient (Wildman–Crippen LogP) is -1.32. The molecule has 0 aromatic heterocycles. The second kappa shape index (κ2) is 2.37. The third-order valence-corrected chi connectivity index (χ3v) is 3.54. The Bertz CT molecular complexity index is 257. The molecule has 1 amide bonds. The van der Waals surface area contributed by atoms with Gasteiger partial charge in [0.1, 0.15) is 17.5 Å². The number of nitrogens with two attached hydrogens (primary N) is 1. The summed E-state index contributed by atoms with van der Waals surface area (Å²) >= 11 is 1.44. The van der Waals surface area contributed by atoms with Gasteiger partial charge in [-0.2, -0.15) is 0 Å². The van der Waals surface area contributed by atoms with E-state index in [1.54, 1.807) is 0 Å². The number of aliphatic carboxylic acids is 1. The van der Waals surface area contributed by atoms with Gasteiger partial charge in [-0.1, -0.05) is 0 Å². The summed E-state index contributed by atoms with van der Waals surface area (Å²) in [6, 6.07) is -1.15. The van der Waals surface area contributed by atoms with E-state index >= 15 is 0 Å². The molecule has 2 aliphatic rings. The molecule has 2 aliphatic heterocycles. The van der Waals surface area contributed by atoms with Crippen molar-refractivity contribution in [2.45, 2.75) is 17.5 Å². The molecule has 5 nitrogen and oxygen atoms in total. The first-order chi connectivity index (χ1) is 5.63. The Balaban J connectivity index is 2.16. The van der Waals surface area contributed by atoms with Gasteiger partial charge in [-0.15, -0.1) is 11.8 Å². The Hall–Kier alpha value is -0.750. The van der Waals surface area contributed by atoms with Gasteiger partial charge in [0.15, 0.2) is 0 Å². The molecule has 0 unspecified atom stereocenters. The average Bonchev–Trinajstić information content (AvgIpc) is 2.43. The van der Waals surface area contributed by atoms with Crippen LogP contribution in [0.4, 0.5) is 0 Å². The summed E-state index contributed by atoms with van der Waals surface area (Å²) < 4.78 is 0. The lowest BCUT2D eigenvalue weighted by molar-refractivity contribution is -0.157. The second-order valence-corrected chi connectivity index (χ2v) is 4.00. The smallest absolute Gasteiger partial charge is 0.327 e. The summed E-state index contributed by atoms with van der Waals surface area (Å²) in [5.74, 6) is -0.720. The molecule has 2 fully saturated rings. The molecule has 0 radical (unpaired) electrons. The Morgan fingerprint density at radius 3 is 3.00 bits per heavy atom. The van der Waals surface area contributed by atoms with Gasteiger partial charge in [-0.25, -0.2) is 4.79 Å². The van der Waals surface area contributed by atoms with Crippen LogP contribution in [0.5, 0.6) is 0 Å². The molecule has 3 N–H and O–H groups in total. The number of thioether (sulfide) groups is 1. The van der Waals surface area contributed by atoms with E-state index in [1.165, 1.54) is 16.7 Å². The van der Waals surface area contributed by atoms with E-state index in [4.69, 9.17) is 10.8 Å². The molecule has 0 bridgehead atoms. The third kappa shape index (κ3) is 0.789. The van der Waals surface area contributed by atoms with E-state index in [0.29, 0.717) is 5.75 Å². The maximum atomic E-state index is 11.1. The van der Waals surface area contributed by atoms with Gasteiger partial charge in [0.25, 0.3) is 0 Å². The second-order valence-electron chi connectivity index (χ2n) is 2.85. The summed E-state index contributed by atoms with van der Waals surface area (Å²) in [6.07, 6.45) is 0. The van der Waals surface area contributed by atoms with Crippen LogP contribution < -0.4 is 5.73 Å². The van der Waals surface area contributed by atoms with Crippen LogP contribution in [0.2, 0.25) is 0 Å². The van der Waals surface area contributed by atoms with Gasteiger partial charge in [-0.05, 0) is 0 Å². The normalized spacial score (nSPS) is 39.2. The first-order valence-corrected chi connectivity index (χ1v) is 4.60. The maximum absolute atomic E-state index is 11.1. The quantitative estimate of drug-likeness (QED) is 0.499. The van der Waals surface area contributed by atoms with E-state index in [1.807, 2.05) is 0 Å². The number of carbonyl (C=O) groups excluding carboxylic acids is 1. The molecule has 0 saturated carbocycles. The van der Waals surface area contributed by atoms with Crippen LogP contribution in [0.1, 0.15) is 0 Å². The zero-order chi connectivity index (χ0) is 8.88. The highest BCUT2D eigenvalue weighted by atomic mass is 32.2. The molecule has 66 valence electrons. The maximum Gasteiger partial charge on any atom is 0.327 e. The fraction of sp³-hybridized carbons (Fsp3) is 0.667. The molecule has 6 heteroatoms. The van der Waals surface area contributed by atoms with Crippen molar-refractivity contribution >= 4 is 23.6 Å². The molecule has 2 heterocycles. The zero-order valence-corrected chi connectivity index (χ0v) is 6.95. The van der Waals surface area contributed by atoms with Crippen molar-refractivity contribution in [3.63, 3.8) is 0 Å². The number of hydrogen-bond donors (Lipinski definition) is 2. The summed E-state index contributed by atoms with van der Waals surface area (Å²) in [4.78, 5) is 23.0. The van der Waals surface area contributed by atoms with Crippen molar-refractivity contribution in [2.75, 3.05) is 5.75 Å². The minimum absolute atomic E-state index is 0.0985. The lowest BCUT2D eigenvalue weighted by Gasteiger charge is -2.41. The summed E-state index contributed by atoms with van der Waals surface area (Å²) in [6.45, 7) is 0. The minimum atomic E-state index is -0.940. The number of β-lactam (4-membered cyclic amide) rings is 1. The van der Waals surface area contributed by atoms with Gasteiger partial charge in [0, 0.05) is 5.75 Å². The van der Waals surface area contributed by atoms with Gasteiger partial charge in [0.05, 0.1) is 0 Å². The highest BCUT2D eigenvalue weighted by Crippen LogP contribution is 2.38. The topological polar surface area (TPSA) is 83.6 Å². The molecule has 0 aromatic carbocycles. The Kier molecular flexibility index (Phi) is 1.55. The first-order valence-electron chi connectivity index (χ1n) is 3.55. The zero-order valence-electron chi connectivity index (χ0n) is 6.14. The van der Waals surface area contributed by atoms with Crippen molar-refractivity contribution in [1.29, 1.82) is 0 Å². The van der Waals surface area contributed by atoms with Crippen LogP contribution in [0.3, 0.4) is 0 Å². The fourth-order valence-electron chi connectivity index (χ4n) is 1.49. The molecular weight excluding hydrogens is 180 g/mol. The van der Waals surface area contributed by atoms with Crippen molar-refractivity contribution in [1.82, 2.24) is 4.90 Å². The lowest BCUT2D eigenvalue weighted by Crippen LogP contribution is -2.68. The number of carboxylic acids is 1. The number of nitrogens with zero attached hydrogens (tertiary/aromatic N) is 1. The Morgan fingerprint density at radius 1 is 1.75 bits per heavy atom. The van der Waals surface area contributed by atoms with E-state index < -0.39 is 18.1 Å². The van der Waals surface area contributed by atoms with E-state index in [9.17, 15) is 9.59 Å². The molecule has 3 atom stereocenters. The van der Waals surface area contributed by atoms with Crippen LogP contribution in [-0.2, 0) is 9.59 Å². The molecular formula is C6H8N2O3S. The number of rotatable bonds is 1. The number of fused-ring (bicyclic) bond motifs is 1. The van der Waals surface area contributed by atoms with Crippen molar-refractivity contribution < 1.29 is 14.7 Å². The summed E-state index contributed by atoms with van der Waals surface area (Å²) in [7, 11) is 0. The standard InChI is InChI=1S/C6H8N2O3S/c7-3-4(9)8-2(6(10)11)1-12-5(3)8/h2-3,5H,1,7H2,(H,10,11)/t2-,3-,5-/m1/s1. The number of carboxylic acid groups (broad SMARTS) is 1. The van der Waals surface area contributed by atoms with Gasteiger partial charge >= 0.3 is 5.97 Å². The predicted molar refractivity (Wildman–Crippen MR) is 42.5 cm³/mol. The summed E-state index contributed by atoms with van der Waals surface area (Å²) in [5.41, 5.74) is 5.46. The molecule has 2 rings (SSSR count). The third-order valence-electron chi connectivity index (χ3n) is 2.17. The van der Waals surface area contributed by atoms with Crippen LogP contribution >= 0.6 is 11.8 Å². The molecule has 0 spiro atoms. The highest BCUT2D eigenvalue weighted by molar-refractivity contribution is 8.00. The fourth-order valence-corrected chi connectivity index (χ4v) is 2.90. The van der Waals surface area contributed by atoms with E-state index in [-0.39, 0.29) is 11.3 Å². The van der Waals surface area contributed by atoms with Crippen LogP contribution in [0, 0.1) is 0 Å². The largest absolute Gasteiger partial charge is 0.480 e. The van der Waals surface area contributed by atoms with Crippen molar-refractivity contribution in [2.24, 2.45) is 5.73 Å². The first kappa shape index (κ1) is 7.88. The number of hydrogen-bond acceptors (Lipinski definition) is 4. The van der Waals surface area contributed by atoms with E-state index in [0.717, 1.165) is 0 Å². The number of amides is 1. The number of carbonyl (C=O) groups is 2. The van der Waals surface area contributed by atoms with E-state index in [2.05, 4.69) is 0 Å².